The second kappa shape index (κ2) is 6.82. The minimum absolute atomic E-state index is 0.317. The van der Waals surface area contributed by atoms with E-state index in [1.807, 2.05) is 85.8 Å². The maximum Gasteiger partial charge on any atom is 0.203 e. The van der Waals surface area contributed by atoms with E-state index in [4.69, 9.17) is 0 Å². The van der Waals surface area contributed by atoms with Gasteiger partial charge in [-0.1, -0.05) is 97.1 Å². The van der Waals surface area contributed by atoms with E-state index in [1.165, 1.54) is 0 Å². The monoisotopic (exact) mass is 352 g/mol. The third-order valence-electron chi connectivity index (χ3n) is 5.09. The maximum atomic E-state index is 13.7. The summed E-state index contributed by atoms with van der Waals surface area (Å²) in [5, 5.41) is 13.8. The van der Waals surface area contributed by atoms with Crippen LogP contribution < -0.4 is 0 Å². The molecule has 27 heavy (non-hydrogen) atoms. The van der Waals surface area contributed by atoms with Gasteiger partial charge in [-0.3, -0.25) is 4.79 Å². The van der Waals surface area contributed by atoms with Gasteiger partial charge >= 0.3 is 0 Å². The topological polar surface area (TPSA) is 37.3 Å². The Morgan fingerprint density at radius 3 is 2.15 bits per heavy atom. The summed E-state index contributed by atoms with van der Waals surface area (Å²) in [5.41, 5.74) is 0.761. The number of hydrogen-bond donors (Lipinski definition) is 1. The number of aliphatic hydroxyl groups is 1. The van der Waals surface area contributed by atoms with Crippen molar-refractivity contribution in [1.82, 2.24) is 0 Å². The smallest absolute Gasteiger partial charge is 0.203 e. The summed E-state index contributed by atoms with van der Waals surface area (Å²) >= 11 is 0. The van der Waals surface area contributed by atoms with Crippen LogP contribution in [0.1, 0.15) is 27.0 Å². The van der Waals surface area contributed by atoms with Crippen LogP contribution in [0.15, 0.2) is 97.1 Å². The van der Waals surface area contributed by atoms with E-state index in [9.17, 15) is 9.90 Å². The molecule has 1 atom stereocenters. The Labute approximate surface area is 158 Å². The van der Waals surface area contributed by atoms with Crippen molar-refractivity contribution in [3.63, 3.8) is 0 Å². The van der Waals surface area contributed by atoms with Crippen LogP contribution in [0.4, 0.5) is 0 Å². The van der Waals surface area contributed by atoms with Gasteiger partial charge in [-0.2, -0.15) is 0 Å². The van der Waals surface area contributed by atoms with Gasteiger partial charge in [-0.15, -0.1) is 0 Å². The third kappa shape index (κ3) is 2.84. The molecule has 0 heterocycles. The summed E-state index contributed by atoms with van der Waals surface area (Å²) in [6.07, 6.45) is 0. The predicted molar refractivity (Wildman–Crippen MR) is 109 cm³/mol. The summed E-state index contributed by atoms with van der Waals surface area (Å²) < 4.78 is 0. The number of Topliss-reactive ketones (excluding diaryl/α,β-unsaturated/α-hetero) is 1. The largest absolute Gasteiger partial charge is 0.373 e. The molecule has 0 aliphatic carbocycles. The lowest BCUT2D eigenvalue weighted by atomic mass is 9.77. The summed E-state index contributed by atoms with van der Waals surface area (Å²) in [4.78, 5) is 13.7. The molecular formula is C25H20O2. The molecule has 4 aromatic carbocycles. The van der Waals surface area contributed by atoms with Crippen LogP contribution in [0.25, 0.3) is 10.8 Å². The summed E-state index contributed by atoms with van der Waals surface area (Å²) in [5.74, 6) is -0.317. The van der Waals surface area contributed by atoms with Crippen LogP contribution in [0.5, 0.6) is 0 Å². The number of hydrogen-bond acceptors (Lipinski definition) is 2. The van der Waals surface area contributed by atoms with Crippen LogP contribution in [0.3, 0.4) is 0 Å². The Kier molecular flexibility index (Phi) is 4.35. The second-order valence-corrected chi connectivity index (χ2v) is 6.75. The first kappa shape index (κ1) is 17.2. The molecule has 4 aromatic rings. The minimum Gasteiger partial charge on any atom is -0.373 e. The molecule has 0 aliphatic rings. The SMILES string of the molecule is Cc1ccccc1C(=O)C(O)(c1ccccc1)c1cccc2ccccc12. The Bertz CT molecular complexity index is 1110. The maximum absolute atomic E-state index is 13.7. The first-order valence-corrected chi connectivity index (χ1v) is 8.99. The van der Waals surface area contributed by atoms with E-state index in [2.05, 4.69) is 0 Å². The third-order valence-corrected chi connectivity index (χ3v) is 5.09. The van der Waals surface area contributed by atoms with E-state index >= 15 is 0 Å². The molecule has 0 fully saturated rings. The fourth-order valence-corrected chi connectivity index (χ4v) is 3.65. The molecule has 1 N–H and O–H groups in total. The first-order valence-electron chi connectivity index (χ1n) is 8.99. The van der Waals surface area contributed by atoms with E-state index in [1.54, 1.807) is 18.2 Å². The first-order chi connectivity index (χ1) is 13.1. The van der Waals surface area contributed by atoms with Gasteiger partial charge in [0, 0.05) is 11.1 Å². The van der Waals surface area contributed by atoms with Crippen molar-refractivity contribution >= 4 is 16.6 Å². The summed E-state index contributed by atoms with van der Waals surface area (Å²) in [6.45, 7) is 1.89. The normalized spacial score (nSPS) is 13.3. The zero-order valence-electron chi connectivity index (χ0n) is 15.1. The van der Waals surface area contributed by atoms with Crippen molar-refractivity contribution < 1.29 is 9.90 Å². The fraction of sp³-hybridized carbons (Fsp3) is 0.0800. The van der Waals surface area contributed by atoms with E-state index < -0.39 is 5.60 Å². The van der Waals surface area contributed by atoms with E-state index in [0.29, 0.717) is 16.7 Å². The van der Waals surface area contributed by atoms with Gasteiger partial charge in [-0.25, -0.2) is 0 Å². The zero-order valence-corrected chi connectivity index (χ0v) is 15.1. The molecule has 0 radical (unpaired) electrons. The summed E-state index contributed by atoms with van der Waals surface area (Å²) in [7, 11) is 0. The highest BCUT2D eigenvalue weighted by Crippen LogP contribution is 2.37. The molecular weight excluding hydrogens is 332 g/mol. The molecule has 0 saturated carbocycles. The van der Waals surface area contributed by atoms with Crippen molar-refractivity contribution in [2.24, 2.45) is 0 Å². The second-order valence-electron chi connectivity index (χ2n) is 6.75. The van der Waals surface area contributed by atoms with Crippen molar-refractivity contribution in [1.29, 1.82) is 0 Å². The number of rotatable bonds is 4. The number of ketones is 1. The molecule has 2 nitrogen and oxygen atoms in total. The number of aryl methyl sites for hydroxylation is 1. The Hall–Kier alpha value is -3.23. The average molecular weight is 352 g/mol. The zero-order chi connectivity index (χ0) is 18.9. The quantitative estimate of drug-likeness (QED) is 0.508. The highest BCUT2D eigenvalue weighted by Gasteiger charge is 2.41. The van der Waals surface area contributed by atoms with Gasteiger partial charge in [0.1, 0.15) is 0 Å². The fourth-order valence-electron chi connectivity index (χ4n) is 3.65. The van der Waals surface area contributed by atoms with Gasteiger partial charge in [0.2, 0.25) is 5.78 Å². The predicted octanol–water partition coefficient (Wildman–Crippen LogP) is 5.27. The molecule has 0 aliphatic heterocycles. The van der Waals surface area contributed by atoms with E-state index in [-0.39, 0.29) is 5.78 Å². The van der Waals surface area contributed by atoms with Crippen LogP contribution in [0.2, 0.25) is 0 Å². The van der Waals surface area contributed by atoms with Crippen molar-refractivity contribution in [3.05, 3.63) is 119 Å². The van der Waals surface area contributed by atoms with Gasteiger partial charge in [0.15, 0.2) is 5.60 Å². The molecule has 0 bridgehead atoms. The highest BCUT2D eigenvalue weighted by molar-refractivity contribution is 6.08. The summed E-state index contributed by atoms with van der Waals surface area (Å²) in [6, 6.07) is 30.1. The van der Waals surface area contributed by atoms with Crippen LogP contribution in [0, 0.1) is 6.92 Å². The van der Waals surface area contributed by atoms with Crippen LogP contribution in [-0.2, 0) is 5.60 Å². The van der Waals surface area contributed by atoms with Crippen LogP contribution in [-0.4, -0.2) is 10.9 Å². The molecule has 2 heteroatoms. The van der Waals surface area contributed by atoms with Gasteiger partial charge in [-0.05, 0) is 28.8 Å². The van der Waals surface area contributed by atoms with E-state index in [0.717, 1.165) is 16.3 Å². The number of fused-ring (bicyclic) bond motifs is 1. The van der Waals surface area contributed by atoms with Gasteiger partial charge < -0.3 is 5.11 Å². The Morgan fingerprint density at radius 1 is 0.741 bits per heavy atom. The molecule has 4 rings (SSSR count). The van der Waals surface area contributed by atoms with Gasteiger partial charge in [0.05, 0.1) is 0 Å². The van der Waals surface area contributed by atoms with Crippen molar-refractivity contribution in [2.45, 2.75) is 12.5 Å². The average Bonchev–Trinajstić information content (AvgIpc) is 2.73. The molecule has 0 spiro atoms. The van der Waals surface area contributed by atoms with Crippen molar-refractivity contribution in [3.8, 4) is 0 Å². The Morgan fingerprint density at radius 2 is 1.37 bits per heavy atom. The van der Waals surface area contributed by atoms with Gasteiger partial charge in [0.25, 0.3) is 0 Å². The lowest BCUT2D eigenvalue weighted by molar-refractivity contribution is 0.0492. The number of carbonyl (C=O) groups excluding carboxylic acids is 1. The van der Waals surface area contributed by atoms with Crippen LogP contribution >= 0.6 is 0 Å². The molecule has 132 valence electrons. The molecule has 0 amide bonds. The highest BCUT2D eigenvalue weighted by atomic mass is 16.3. The standard InChI is InChI=1S/C25H20O2/c1-18-10-5-7-15-21(18)24(26)25(27,20-13-3-2-4-14-20)23-17-9-12-19-11-6-8-16-22(19)23/h2-17,27H,1H3. The Balaban J connectivity index is 2.03. The lowest BCUT2D eigenvalue weighted by Gasteiger charge is -2.29. The minimum atomic E-state index is -1.77. The number of carbonyl (C=O) groups is 1. The lowest BCUT2D eigenvalue weighted by Crippen LogP contribution is -2.37. The van der Waals surface area contributed by atoms with Crippen molar-refractivity contribution in [2.75, 3.05) is 0 Å². The number of benzene rings is 4. The molecule has 1 unspecified atom stereocenters. The molecule has 0 saturated heterocycles. The molecule has 0 aromatic heterocycles.